The van der Waals surface area contributed by atoms with Crippen molar-refractivity contribution >= 4 is 17.9 Å². The maximum absolute atomic E-state index is 12.9. The molecule has 0 saturated carbocycles. The second-order valence-corrected chi connectivity index (χ2v) is 24.8. The highest BCUT2D eigenvalue weighted by Gasteiger charge is 2.22. The maximum Gasteiger partial charge on any atom is 0.306 e. The number of nitrogens with zero attached hydrogens (tertiary/aromatic N) is 1. The Morgan fingerprint density at radius 1 is 0.365 bits per heavy atom. The molecule has 0 bridgehead atoms. The topological polar surface area (TPSA) is 111 Å². The smallest absolute Gasteiger partial charge is 0.306 e. The fourth-order valence-corrected chi connectivity index (χ4v) is 9.93. The Bertz CT molecular complexity index is 1720. The molecule has 0 aliphatic rings. The fourth-order valence-electron chi connectivity index (χ4n) is 9.93. The minimum Gasteiger partial charge on any atom is -0.545 e. The normalized spacial score (nSPS) is 13.3. The van der Waals surface area contributed by atoms with E-state index in [0.29, 0.717) is 17.4 Å². The summed E-state index contributed by atoms with van der Waals surface area (Å²) < 4.78 is 22.8. The highest BCUT2D eigenvalue weighted by Crippen LogP contribution is 2.18. The number of unbranched alkanes of at least 4 members (excludes halogenated alkanes) is 34. The number of carboxylic acid groups (broad SMARTS) is 1. The van der Waals surface area contributed by atoms with Crippen molar-refractivity contribution in [2.75, 3.05) is 47.5 Å². The number of carboxylic acids is 1. The van der Waals surface area contributed by atoms with Crippen molar-refractivity contribution in [3.8, 4) is 0 Å². The van der Waals surface area contributed by atoms with Gasteiger partial charge in [0.25, 0.3) is 0 Å². The van der Waals surface area contributed by atoms with Gasteiger partial charge in [-0.3, -0.25) is 9.59 Å². The number of quaternary nitrogens is 1. The van der Waals surface area contributed by atoms with Crippen molar-refractivity contribution < 1.29 is 42.9 Å². The average Bonchev–Trinajstić information content (AvgIpc) is 3.49. The number of carbonyl (C=O) groups is 3. The predicted molar refractivity (Wildman–Crippen MR) is 361 cm³/mol. The minimum atomic E-state index is -1.63. The molecule has 0 aromatic rings. The Balaban J connectivity index is 4.06. The second kappa shape index (κ2) is 66.2. The minimum absolute atomic E-state index is 0.139. The van der Waals surface area contributed by atoms with Crippen molar-refractivity contribution in [2.24, 2.45) is 0 Å². The van der Waals surface area contributed by atoms with Gasteiger partial charge in [0.1, 0.15) is 13.2 Å². The molecule has 0 heterocycles. The number of rotatable bonds is 65. The maximum atomic E-state index is 12.9. The average molecular weight is 1190 g/mol. The highest BCUT2D eigenvalue weighted by atomic mass is 16.7. The lowest BCUT2D eigenvalue weighted by atomic mass is 10.0. The second-order valence-electron chi connectivity index (χ2n) is 24.8. The standard InChI is InChI=1S/C76H133NO8/c1-6-8-10-12-14-16-18-20-22-24-26-28-30-31-32-33-34-35-36-37-38-39-40-41-42-43-45-46-48-50-52-54-56-58-60-62-64-66-73(78)83-70-72(71-84-76(75(80)81)82-69-68-77(3,4)5)85-74(79)67-65-63-61-59-57-55-53-51-49-47-44-29-27-25-23-21-19-17-15-13-11-9-7-2/h9,11,15,17-18,20-21,23-24,26-27,29,47,49,53,55,72,76H,6-8,10,12-14,16,19,22,25,28,30-46,48,50-52,54,56-71H2,1-5H3/b11-9-,17-15-,20-18-,23-21-,26-24-,29-27-,49-47-,55-53-. The van der Waals surface area contributed by atoms with Crippen molar-refractivity contribution in [3.63, 3.8) is 0 Å². The summed E-state index contributed by atoms with van der Waals surface area (Å²) in [4.78, 5) is 37.5. The number of hydrogen-bond donors (Lipinski definition) is 0. The van der Waals surface area contributed by atoms with Crippen molar-refractivity contribution in [3.05, 3.63) is 97.2 Å². The first kappa shape index (κ1) is 81.2. The summed E-state index contributed by atoms with van der Waals surface area (Å²) in [6.45, 7) is 4.62. The molecule has 490 valence electrons. The Morgan fingerprint density at radius 3 is 1.00 bits per heavy atom. The lowest BCUT2D eigenvalue weighted by molar-refractivity contribution is -0.870. The van der Waals surface area contributed by atoms with E-state index in [9.17, 15) is 19.5 Å². The van der Waals surface area contributed by atoms with Crippen LogP contribution in [0.1, 0.15) is 309 Å². The monoisotopic (exact) mass is 1190 g/mol. The zero-order valence-electron chi connectivity index (χ0n) is 56.0. The molecule has 0 rings (SSSR count). The van der Waals surface area contributed by atoms with Crippen molar-refractivity contribution in [2.45, 2.75) is 322 Å². The van der Waals surface area contributed by atoms with Gasteiger partial charge in [-0.1, -0.05) is 297 Å². The molecule has 2 unspecified atom stereocenters. The molecular formula is C76H133NO8. The molecule has 0 N–H and O–H groups in total. The van der Waals surface area contributed by atoms with Crippen LogP contribution in [-0.4, -0.2) is 82.3 Å². The molecule has 85 heavy (non-hydrogen) atoms. The van der Waals surface area contributed by atoms with E-state index in [2.05, 4.69) is 111 Å². The van der Waals surface area contributed by atoms with Gasteiger partial charge in [-0.2, -0.15) is 0 Å². The van der Waals surface area contributed by atoms with Gasteiger partial charge >= 0.3 is 11.9 Å². The van der Waals surface area contributed by atoms with Gasteiger partial charge in [-0.05, 0) is 96.3 Å². The number of aliphatic carboxylic acids is 1. The highest BCUT2D eigenvalue weighted by molar-refractivity contribution is 5.70. The molecule has 0 aliphatic heterocycles. The molecule has 0 fully saturated rings. The molecule has 0 aliphatic carbocycles. The van der Waals surface area contributed by atoms with Gasteiger partial charge in [-0.25, -0.2) is 0 Å². The van der Waals surface area contributed by atoms with Gasteiger partial charge in [-0.15, -0.1) is 0 Å². The molecule has 0 radical (unpaired) electrons. The van der Waals surface area contributed by atoms with Crippen LogP contribution in [0.3, 0.4) is 0 Å². The number of ether oxygens (including phenoxy) is 4. The van der Waals surface area contributed by atoms with Gasteiger partial charge < -0.3 is 33.3 Å². The summed E-state index contributed by atoms with van der Waals surface area (Å²) in [6.07, 6.45) is 87.9. The van der Waals surface area contributed by atoms with Gasteiger partial charge in [0, 0.05) is 12.8 Å². The van der Waals surface area contributed by atoms with Gasteiger partial charge in [0.15, 0.2) is 12.4 Å². The Labute approximate surface area is 524 Å². The predicted octanol–water partition coefficient (Wildman–Crippen LogP) is 20.7. The summed E-state index contributed by atoms with van der Waals surface area (Å²) >= 11 is 0. The number of esters is 2. The van der Waals surface area contributed by atoms with E-state index < -0.39 is 24.3 Å². The Morgan fingerprint density at radius 2 is 0.671 bits per heavy atom. The Hall–Kier alpha value is -3.79. The third-order valence-corrected chi connectivity index (χ3v) is 15.3. The lowest BCUT2D eigenvalue weighted by Gasteiger charge is -2.26. The van der Waals surface area contributed by atoms with Crippen LogP contribution < -0.4 is 5.11 Å². The summed E-state index contributed by atoms with van der Waals surface area (Å²) in [5.74, 6) is -2.31. The van der Waals surface area contributed by atoms with Gasteiger partial charge in [0.05, 0.1) is 40.3 Å². The lowest BCUT2D eigenvalue weighted by Crippen LogP contribution is -2.44. The quantitative estimate of drug-likeness (QED) is 0.0195. The molecule has 0 saturated heterocycles. The molecule has 0 aromatic carbocycles. The first-order chi connectivity index (χ1) is 41.6. The van der Waals surface area contributed by atoms with Crippen LogP contribution >= 0.6 is 0 Å². The van der Waals surface area contributed by atoms with Crippen LogP contribution in [-0.2, 0) is 33.3 Å². The van der Waals surface area contributed by atoms with Crippen LogP contribution in [0.25, 0.3) is 0 Å². The van der Waals surface area contributed by atoms with E-state index in [0.717, 1.165) is 89.9 Å². The molecule has 9 heteroatoms. The van der Waals surface area contributed by atoms with Crippen LogP contribution in [0.2, 0.25) is 0 Å². The number of allylic oxidation sites excluding steroid dienone is 16. The van der Waals surface area contributed by atoms with Crippen LogP contribution in [0.5, 0.6) is 0 Å². The molecular weight excluding hydrogens is 1050 g/mol. The third kappa shape index (κ3) is 67.6. The third-order valence-electron chi connectivity index (χ3n) is 15.3. The van der Waals surface area contributed by atoms with E-state index in [1.165, 1.54) is 186 Å². The molecule has 2 atom stereocenters. The van der Waals surface area contributed by atoms with Crippen LogP contribution in [0.15, 0.2) is 97.2 Å². The van der Waals surface area contributed by atoms with Crippen LogP contribution in [0, 0.1) is 0 Å². The van der Waals surface area contributed by atoms with E-state index in [4.69, 9.17) is 18.9 Å². The van der Waals surface area contributed by atoms with Gasteiger partial charge in [0.2, 0.25) is 0 Å². The van der Waals surface area contributed by atoms with E-state index in [-0.39, 0.29) is 38.6 Å². The van der Waals surface area contributed by atoms with E-state index in [1.54, 1.807) is 0 Å². The number of hydrogen-bond acceptors (Lipinski definition) is 8. The summed E-state index contributed by atoms with van der Waals surface area (Å²) in [5, 5.41) is 11.8. The summed E-state index contributed by atoms with van der Waals surface area (Å²) in [6, 6.07) is 0. The zero-order chi connectivity index (χ0) is 61.9. The first-order valence-electron chi connectivity index (χ1n) is 35.4. The molecule has 0 spiro atoms. The fraction of sp³-hybridized carbons (Fsp3) is 0.750. The molecule has 0 amide bonds. The number of likely N-dealkylation sites (N-methyl/N-ethyl adjacent to an activating group) is 1. The van der Waals surface area contributed by atoms with E-state index >= 15 is 0 Å². The van der Waals surface area contributed by atoms with Crippen LogP contribution in [0.4, 0.5) is 0 Å². The van der Waals surface area contributed by atoms with Crippen molar-refractivity contribution in [1.29, 1.82) is 0 Å². The zero-order valence-corrected chi connectivity index (χ0v) is 56.0. The number of carbonyl (C=O) groups excluding carboxylic acids is 3. The molecule has 9 nitrogen and oxygen atoms in total. The molecule has 0 aromatic heterocycles. The largest absolute Gasteiger partial charge is 0.545 e. The van der Waals surface area contributed by atoms with E-state index in [1.807, 2.05) is 21.1 Å². The SMILES string of the molecule is CC/C=C\C/C=C\C/C=C\C/C=C\C/C=C\C/C=C\CCCCCCC(=O)OC(COC(=O)CCCCCCCCCCCCCCCCCCCCCCCCCCC/C=C\C/C=C\CCCCCCC)COC(OCC[N+](C)(C)C)C(=O)[O-]. The summed E-state index contributed by atoms with van der Waals surface area (Å²) in [5.41, 5.74) is 0. The van der Waals surface area contributed by atoms with Crippen molar-refractivity contribution in [1.82, 2.24) is 0 Å². The Kier molecular flexibility index (Phi) is 63.2. The summed E-state index contributed by atoms with van der Waals surface area (Å²) in [7, 11) is 5.92. The first-order valence-corrected chi connectivity index (χ1v) is 35.4.